The molecular weight excluding hydrogens is 459 g/mol. The molecule has 1 N–H and O–H groups in total. The first-order valence-electron chi connectivity index (χ1n) is 12.0. The normalized spacial score (nSPS) is 17.2. The third-order valence-electron chi connectivity index (χ3n) is 6.41. The van der Waals surface area contributed by atoms with Crippen LogP contribution >= 0.6 is 0 Å². The van der Waals surface area contributed by atoms with Crippen LogP contribution in [-0.4, -0.2) is 54.4 Å². The van der Waals surface area contributed by atoms with E-state index in [-0.39, 0.29) is 17.9 Å². The number of hydrogen-bond acceptors (Lipinski definition) is 6. The van der Waals surface area contributed by atoms with Gasteiger partial charge in [-0.3, -0.25) is 9.78 Å². The summed E-state index contributed by atoms with van der Waals surface area (Å²) in [4.78, 5) is 31.7. The second-order valence-electron chi connectivity index (χ2n) is 8.96. The number of nitrogens with zero attached hydrogens (tertiary/aromatic N) is 6. The van der Waals surface area contributed by atoms with Crippen LogP contribution in [0.25, 0.3) is 22.6 Å². The van der Waals surface area contributed by atoms with Gasteiger partial charge in [0.25, 0.3) is 0 Å². The molecule has 0 bridgehead atoms. The van der Waals surface area contributed by atoms with Crippen LogP contribution in [-0.2, 0) is 17.5 Å². The summed E-state index contributed by atoms with van der Waals surface area (Å²) < 4.78 is 40.6. The number of alkyl halides is 3. The van der Waals surface area contributed by atoms with E-state index >= 15 is 0 Å². The minimum atomic E-state index is -4.50. The maximum Gasteiger partial charge on any atom is 0.433 e. The van der Waals surface area contributed by atoms with Gasteiger partial charge in [0.15, 0.2) is 17.0 Å². The molecule has 4 rings (SSSR count). The highest BCUT2D eigenvalue weighted by atomic mass is 19.4. The number of pyridine rings is 1. The maximum atomic E-state index is 12.9. The van der Waals surface area contributed by atoms with Crippen molar-refractivity contribution in [3.63, 3.8) is 0 Å². The number of aryl methyl sites for hydroxylation is 1. The number of anilines is 1. The van der Waals surface area contributed by atoms with Crippen molar-refractivity contribution in [1.29, 1.82) is 0 Å². The van der Waals surface area contributed by atoms with Gasteiger partial charge in [0.2, 0.25) is 5.91 Å². The number of hydrogen-bond donors (Lipinski definition) is 1. The maximum absolute atomic E-state index is 12.9. The van der Waals surface area contributed by atoms with Gasteiger partial charge in [0, 0.05) is 43.4 Å². The van der Waals surface area contributed by atoms with Crippen molar-refractivity contribution in [3.8, 4) is 11.4 Å². The Morgan fingerprint density at radius 1 is 1.23 bits per heavy atom. The highest BCUT2D eigenvalue weighted by molar-refractivity contribution is 5.86. The van der Waals surface area contributed by atoms with E-state index in [1.807, 2.05) is 23.3 Å². The summed E-state index contributed by atoms with van der Waals surface area (Å²) >= 11 is 0. The Bertz CT molecular complexity index is 1180. The molecule has 0 radical (unpaired) electrons. The lowest BCUT2D eigenvalue weighted by Crippen LogP contribution is -2.35. The van der Waals surface area contributed by atoms with Crippen LogP contribution in [0.3, 0.4) is 0 Å². The van der Waals surface area contributed by atoms with Crippen molar-refractivity contribution in [2.45, 2.75) is 65.2 Å². The van der Waals surface area contributed by atoms with E-state index in [1.54, 1.807) is 0 Å². The zero-order chi connectivity index (χ0) is 25.2. The molecule has 0 aromatic carbocycles. The number of rotatable bonds is 8. The fraction of sp³-hybridized carbons (Fsp3) is 0.542. The molecule has 4 heterocycles. The Hall–Kier alpha value is -3.24. The predicted molar refractivity (Wildman–Crippen MR) is 127 cm³/mol. The summed E-state index contributed by atoms with van der Waals surface area (Å²) in [6.07, 6.45) is 1.91. The summed E-state index contributed by atoms with van der Waals surface area (Å²) in [6.45, 7) is 7.82. The Morgan fingerprint density at radius 3 is 2.69 bits per heavy atom. The minimum absolute atomic E-state index is 0.0135. The quantitative estimate of drug-likeness (QED) is 0.491. The molecule has 2 atom stereocenters. The summed E-state index contributed by atoms with van der Waals surface area (Å²) in [5, 5.41) is 3.41. The zero-order valence-electron chi connectivity index (χ0n) is 20.1. The highest BCUT2D eigenvalue weighted by Crippen LogP contribution is 2.31. The number of fused-ring (bicyclic) bond motifs is 1. The molecule has 1 amide bonds. The molecule has 3 aromatic rings. The molecule has 1 aliphatic rings. The van der Waals surface area contributed by atoms with E-state index in [0.717, 1.165) is 31.7 Å². The number of amides is 1. The van der Waals surface area contributed by atoms with E-state index < -0.39 is 11.9 Å². The lowest BCUT2D eigenvalue weighted by Gasteiger charge is -2.21. The first kappa shape index (κ1) is 24.9. The van der Waals surface area contributed by atoms with Gasteiger partial charge >= 0.3 is 6.18 Å². The number of aromatic nitrogens is 5. The minimum Gasteiger partial charge on any atom is -0.364 e. The van der Waals surface area contributed by atoms with Gasteiger partial charge in [-0.15, -0.1) is 0 Å². The predicted octanol–water partition coefficient (Wildman–Crippen LogP) is 4.77. The standard InChI is InChI=1S/C24H30F3N7O/c1-4-6-7-15(3)23(35)33-11-10-17(13-33)31-20-19-22(30-14-29-20)34(5-2)21(32-19)16-8-9-18(28-12-16)24(25,26)27/h8-9,12,14-15,17H,4-7,10-11,13H2,1-3H3,(H,29,30,31)/t15?,17-/m0/s1. The second kappa shape index (κ2) is 10.2. The summed E-state index contributed by atoms with van der Waals surface area (Å²) in [5.74, 6) is 1.21. The van der Waals surface area contributed by atoms with Gasteiger partial charge in [-0.2, -0.15) is 13.2 Å². The Kier molecular flexibility index (Phi) is 7.23. The third-order valence-corrected chi connectivity index (χ3v) is 6.41. The van der Waals surface area contributed by atoms with E-state index in [2.05, 4.69) is 32.2 Å². The molecule has 1 saturated heterocycles. The van der Waals surface area contributed by atoms with Crippen molar-refractivity contribution in [1.82, 2.24) is 29.4 Å². The van der Waals surface area contributed by atoms with Crippen LogP contribution in [0.4, 0.5) is 19.0 Å². The first-order valence-corrected chi connectivity index (χ1v) is 12.0. The lowest BCUT2D eigenvalue weighted by molar-refractivity contribution is -0.141. The Morgan fingerprint density at radius 2 is 2.03 bits per heavy atom. The van der Waals surface area contributed by atoms with Crippen LogP contribution in [0.1, 0.15) is 52.1 Å². The topological polar surface area (TPSA) is 88.8 Å². The molecule has 8 nitrogen and oxygen atoms in total. The smallest absolute Gasteiger partial charge is 0.364 e. The number of carbonyl (C=O) groups is 1. The van der Waals surface area contributed by atoms with E-state index in [4.69, 9.17) is 0 Å². The summed E-state index contributed by atoms with van der Waals surface area (Å²) in [6, 6.07) is 2.34. The molecule has 11 heteroatoms. The largest absolute Gasteiger partial charge is 0.433 e. The molecule has 1 aliphatic heterocycles. The number of unbranched alkanes of at least 4 members (excludes halogenated alkanes) is 1. The average Bonchev–Trinajstić information content (AvgIpc) is 3.46. The van der Waals surface area contributed by atoms with E-state index in [9.17, 15) is 18.0 Å². The van der Waals surface area contributed by atoms with Crippen molar-refractivity contribution in [3.05, 3.63) is 30.4 Å². The van der Waals surface area contributed by atoms with Gasteiger partial charge in [0.1, 0.15) is 17.8 Å². The molecule has 1 fully saturated rings. The highest BCUT2D eigenvalue weighted by Gasteiger charge is 2.33. The molecular formula is C24H30F3N7O. The van der Waals surface area contributed by atoms with Gasteiger partial charge < -0.3 is 14.8 Å². The van der Waals surface area contributed by atoms with Crippen LogP contribution in [0.15, 0.2) is 24.7 Å². The van der Waals surface area contributed by atoms with E-state index in [1.165, 1.54) is 18.6 Å². The van der Waals surface area contributed by atoms with Crippen molar-refractivity contribution >= 4 is 22.9 Å². The zero-order valence-corrected chi connectivity index (χ0v) is 20.1. The molecule has 35 heavy (non-hydrogen) atoms. The molecule has 188 valence electrons. The van der Waals surface area contributed by atoms with Gasteiger partial charge in [-0.05, 0) is 31.9 Å². The number of likely N-dealkylation sites (tertiary alicyclic amines) is 1. The molecule has 0 spiro atoms. The fourth-order valence-electron chi connectivity index (χ4n) is 4.47. The lowest BCUT2D eigenvalue weighted by atomic mass is 10.0. The van der Waals surface area contributed by atoms with Crippen LogP contribution < -0.4 is 5.32 Å². The summed E-state index contributed by atoms with van der Waals surface area (Å²) in [7, 11) is 0. The molecule has 0 aliphatic carbocycles. The van der Waals surface area contributed by atoms with Gasteiger partial charge in [-0.1, -0.05) is 26.7 Å². The van der Waals surface area contributed by atoms with Crippen molar-refractivity contribution in [2.75, 3.05) is 18.4 Å². The third kappa shape index (κ3) is 5.23. The van der Waals surface area contributed by atoms with Gasteiger partial charge in [-0.25, -0.2) is 15.0 Å². The Balaban J connectivity index is 1.55. The fourth-order valence-corrected chi connectivity index (χ4v) is 4.47. The first-order chi connectivity index (χ1) is 16.7. The van der Waals surface area contributed by atoms with Crippen molar-refractivity contribution < 1.29 is 18.0 Å². The number of imidazole rings is 1. The monoisotopic (exact) mass is 489 g/mol. The second-order valence-corrected chi connectivity index (χ2v) is 8.96. The van der Waals surface area contributed by atoms with Crippen LogP contribution in [0, 0.1) is 5.92 Å². The van der Waals surface area contributed by atoms with E-state index in [0.29, 0.717) is 48.0 Å². The number of nitrogens with one attached hydrogen (secondary N) is 1. The van der Waals surface area contributed by atoms with Gasteiger partial charge in [0.05, 0.1) is 0 Å². The number of halogens is 3. The van der Waals surface area contributed by atoms with Crippen LogP contribution in [0.5, 0.6) is 0 Å². The average molecular weight is 490 g/mol. The van der Waals surface area contributed by atoms with Crippen LogP contribution in [0.2, 0.25) is 0 Å². The Labute approximate surface area is 202 Å². The van der Waals surface area contributed by atoms with Crippen molar-refractivity contribution in [2.24, 2.45) is 5.92 Å². The SMILES string of the molecule is CCCCC(C)C(=O)N1CC[C@H](Nc2ncnc3c2nc(-c2ccc(C(F)(F)F)nc2)n3CC)C1. The molecule has 0 saturated carbocycles. The molecule has 3 aromatic heterocycles. The molecule has 1 unspecified atom stereocenters. The number of carbonyl (C=O) groups excluding carboxylic acids is 1. The summed E-state index contributed by atoms with van der Waals surface area (Å²) in [5.41, 5.74) is 0.624.